The number of hydrogen-bond donors (Lipinski definition) is 1. The second-order valence-electron chi connectivity index (χ2n) is 11.0. The molecular weight excluding hydrogens is 561 g/mol. The van der Waals surface area contributed by atoms with Gasteiger partial charge in [-0.25, -0.2) is 4.98 Å². The van der Waals surface area contributed by atoms with Crippen molar-refractivity contribution in [2.24, 2.45) is 0 Å². The summed E-state index contributed by atoms with van der Waals surface area (Å²) in [6.45, 7) is 9.39. The van der Waals surface area contributed by atoms with Crippen LogP contribution in [0.25, 0.3) is 16.6 Å². The molecule has 14 heteroatoms. The van der Waals surface area contributed by atoms with E-state index in [0.29, 0.717) is 50.3 Å². The summed E-state index contributed by atoms with van der Waals surface area (Å²) >= 11 is 0. The molecule has 11 nitrogen and oxygen atoms in total. The number of nitrogens with zero attached hydrogens (tertiary/aromatic N) is 9. The summed E-state index contributed by atoms with van der Waals surface area (Å²) in [4.78, 5) is 29.5. The standard InChI is InChI=1S/C29H33F3N10O/c1-4-41(5-2)28(10-12-34)17-40(18-28)27-37-24-21(25(38-27)39-14-13-35-20(16-39)9-11-33)15-36-42(26(24)43)22-8-6-7-19(3)23(22)29(30,31)32/h6-8,15,20,35H,4-5,9-10,13-14,16-18H2,1-3H3. The highest BCUT2D eigenvalue weighted by atomic mass is 19.4. The number of aryl methyl sites for hydroxylation is 1. The highest BCUT2D eigenvalue weighted by molar-refractivity contribution is 5.89. The summed E-state index contributed by atoms with van der Waals surface area (Å²) in [7, 11) is 0. The van der Waals surface area contributed by atoms with E-state index in [4.69, 9.17) is 4.98 Å². The predicted molar refractivity (Wildman–Crippen MR) is 155 cm³/mol. The fourth-order valence-electron chi connectivity index (χ4n) is 6.28. The summed E-state index contributed by atoms with van der Waals surface area (Å²) in [6, 6.07) is 8.35. The lowest BCUT2D eigenvalue weighted by Crippen LogP contribution is -2.70. The van der Waals surface area contributed by atoms with Crippen molar-refractivity contribution in [3.05, 3.63) is 45.9 Å². The Morgan fingerprint density at radius 2 is 1.88 bits per heavy atom. The van der Waals surface area contributed by atoms with Crippen molar-refractivity contribution in [3.8, 4) is 17.8 Å². The Morgan fingerprint density at radius 3 is 2.53 bits per heavy atom. The molecule has 0 aliphatic carbocycles. The van der Waals surface area contributed by atoms with Crippen LogP contribution >= 0.6 is 0 Å². The SMILES string of the molecule is CCN(CC)C1(CC#N)CN(c2nc(N3CCNC(CC#N)C3)c3cnn(-c4cccc(C)c4C(F)(F)F)c(=O)c3n2)C1. The Kier molecular flexibility index (Phi) is 8.27. The monoisotopic (exact) mass is 594 g/mol. The molecule has 0 saturated carbocycles. The third kappa shape index (κ3) is 5.48. The fourth-order valence-corrected chi connectivity index (χ4v) is 6.28. The Labute approximate surface area is 247 Å². The zero-order valence-electron chi connectivity index (χ0n) is 24.3. The quantitative estimate of drug-likeness (QED) is 0.415. The maximum atomic E-state index is 14.1. The van der Waals surface area contributed by atoms with E-state index in [-0.39, 0.29) is 35.2 Å². The average Bonchev–Trinajstić information content (AvgIpc) is 2.95. The largest absolute Gasteiger partial charge is 0.418 e. The first-order chi connectivity index (χ1) is 20.6. The first-order valence-corrected chi connectivity index (χ1v) is 14.3. The van der Waals surface area contributed by atoms with E-state index >= 15 is 0 Å². The number of piperazine rings is 1. The van der Waals surface area contributed by atoms with E-state index in [9.17, 15) is 28.5 Å². The van der Waals surface area contributed by atoms with E-state index in [1.807, 2.05) is 23.6 Å². The van der Waals surface area contributed by atoms with Crippen molar-refractivity contribution in [1.82, 2.24) is 30.0 Å². The van der Waals surface area contributed by atoms with Gasteiger partial charge in [0.25, 0.3) is 5.56 Å². The van der Waals surface area contributed by atoms with E-state index in [1.165, 1.54) is 31.3 Å². The van der Waals surface area contributed by atoms with Crippen LogP contribution in [0.3, 0.4) is 0 Å². The molecule has 2 aliphatic heterocycles. The molecule has 226 valence electrons. The van der Waals surface area contributed by atoms with Crippen LogP contribution in [0.15, 0.2) is 29.2 Å². The molecule has 0 spiro atoms. The van der Waals surface area contributed by atoms with Gasteiger partial charge in [-0.15, -0.1) is 0 Å². The smallest absolute Gasteiger partial charge is 0.353 e. The number of benzene rings is 1. The molecule has 5 rings (SSSR count). The molecule has 0 bridgehead atoms. The normalized spacial score (nSPS) is 18.4. The molecule has 0 amide bonds. The minimum atomic E-state index is -4.71. The molecule has 2 fully saturated rings. The zero-order valence-corrected chi connectivity index (χ0v) is 24.3. The van der Waals surface area contributed by atoms with Gasteiger partial charge in [0.05, 0.1) is 53.4 Å². The molecule has 0 radical (unpaired) electrons. The number of alkyl halides is 3. The van der Waals surface area contributed by atoms with Crippen LogP contribution in [-0.2, 0) is 6.18 Å². The number of anilines is 2. The molecule has 1 N–H and O–H groups in total. The second kappa shape index (κ2) is 11.8. The summed E-state index contributed by atoms with van der Waals surface area (Å²) in [5.74, 6) is 0.691. The van der Waals surface area contributed by atoms with Gasteiger partial charge in [-0.2, -0.15) is 38.5 Å². The molecule has 2 saturated heterocycles. The van der Waals surface area contributed by atoms with Crippen LogP contribution in [0.1, 0.15) is 37.8 Å². The van der Waals surface area contributed by atoms with E-state index < -0.39 is 22.8 Å². The number of aromatic nitrogens is 4. The number of halogens is 3. The van der Waals surface area contributed by atoms with Crippen LogP contribution in [0, 0.1) is 29.6 Å². The maximum absolute atomic E-state index is 14.1. The highest BCUT2D eigenvalue weighted by Crippen LogP contribution is 2.37. The lowest BCUT2D eigenvalue weighted by atomic mass is 9.85. The van der Waals surface area contributed by atoms with Gasteiger partial charge in [-0.05, 0) is 31.6 Å². The van der Waals surface area contributed by atoms with Crippen molar-refractivity contribution in [1.29, 1.82) is 10.5 Å². The third-order valence-electron chi connectivity index (χ3n) is 8.36. The Balaban J connectivity index is 1.66. The van der Waals surface area contributed by atoms with Gasteiger partial charge in [-0.1, -0.05) is 26.0 Å². The van der Waals surface area contributed by atoms with Crippen molar-refractivity contribution < 1.29 is 13.2 Å². The number of nitrogens with one attached hydrogen (secondary N) is 1. The molecule has 3 aromatic rings. The number of nitriles is 2. The van der Waals surface area contributed by atoms with Crippen molar-refractivity contribution in [2.45, 2.75) is 51.4 Å². The van der Waals surface area contributed by atoms with Crippen LogP contribution in [-0.4, -0.2) is 82.0 Å². The van der Waals surface area contributed by atoms with E-state index in [1.54, 1.807) is 0 Å². The van der Waals surface area contributed by atoms with Gasteiger partial charge in [0.15, 0.2) is 0 Å². The van der Waals surface area contributed by atoms with Crippen LogP contribution in [0.4, 0.5) is 24.9 Å². The van der Waals surface area contributed by atoms with Gasteiger partial charge < -0.3 is 15.1 Å². The number of rotatable bonds is 8. The van der Waals surface area contributed by atoms with Gasteiger partial charge in [-0.3, -0.25) is 9.69 Å². The summed E-state index contributed by atoms with van der Waals surface area (Å²) in [6.07, 6.45) is -2.78. The minimum Gasteiger partial charge on any atom is -0.353 e. The second-order valence-corrected chi connectivity index (χ2v) is 11.0. The Morgan fingerprint density at radius 1 is 1.14 bits per heavy atom. The lowest BCUT2D eigenvalue weighted by molar-refractivity contribution is -0.138. The van der Waals surface area contributed by atoms with Gasteiger partial charge >= 0.3 is 6.18 Å². The highest BCUT2D eigenvalue weighted by Gasteiger charge is 2.48. The van der Waals surface area contributed by atoms with Gasteiger partial charge in [0.2, 0.25) is 5.95 Å². The topological polar surface area (TPSA) is 130 Å². The van der Waals surface area contributed by atoms with E-state index in [0.717, 1.165) is 17.8 Å². The molecule has 1 aromatic carbocycles. The van der Waals surface area contributed by atoms with Crippen molar-refractivity contribution in [3.63, 3.8) is 0 Å². The van der Waals surface area contributed by atoms with Crippen LogP contribution in [0.5, 0.6) is 0 Å². The third-order valence-corrected chi connectivity index (χ3v) is 8.36. The number of hydrogen-bond acceptors (Lipinski definition) is 10. The summed E-state index contributed by atoms with van der Waals surface area (Å²) in [5.41, 5.74) is -2.60. The predicted octanol–water partition coefficient (Wildman–Crippen LogP) is 3.01. The molecule has 1 unspecified atom stereocenters. The van der Waals surface area contributed by atoms with Crippen molar-refractivity contribution >= 4 is 22.7 Å². The van der Waals surface area contributed by atoms with E-state index in [2.05, 4.69) is 32.4 Å². The Bertz CT molecular complexity index is 1650. The van der Waals surface area contributed by atoms with Crippen LogP contribution < -0.4 is 20.7 Å². The molecule has 43 heavy (non-hydrogen) atoms. The van der Waals surface area contributed by atoms with Gasteiger partial charge in [0, 0.05) is 38.8 Å². The first kappa shape index (κ1) is 30.2. The van der Waals surface area contributed by atoms with Crippen LogP contribution in [0.2, 0.25) is 0 Å². The number of fused-ring (bicyclic) bond motifs is 1. The van der Waals surface area contributed by atoms with Gasteiger partial charge in [0.1, 0.15) is 11.3 Å². The summed E-state index contributed by atoms with van der Waals surface area (Å²) < 4.78 is 43.0. The molecule has 2 aromatic heterocycles. The zero-order chi connectivity index (χ0) is 30.9. The Hall–Kier alpha value is -4.27. The molecular formula is C29H33F3N10O. The maximum Gasteiger partial charge on any atom is 0.418 e. The summed E-state index contributed by atoms with van der Waals surface area (Å²) in [5, 5.41) is 26.6. The minimum absolute atomic E-state index is 0.0296. The van der Waals surface area contributed by atoms with Crippen molar-refractivity contribution in [2.75, 3.05) is 55.6 Å². The lowest BCUT2D eigenvalue weighted by Gasteiger charge is -2.54. The molecule has 2 aliphatic rings. The molecule has 1 atom stereocenters. The fraction of sp³-hybridized carbons (Fsp3) is 0.517. The first-order valence-electron chi connectivity index (χ1n) is 14.3. The molecule has 4 heterocycles. The average molecular weight is 595 g/mol. The number of likely N-dealkylation sites (N-methyl/N-ethyl adjacent to an activating group) is 1.